The zero-order valence-corrected chi connectivity index (χ0v) is 19.4. The molecule has 0 bridgehead atoms. The lowest BCUT2D eigenvalue weighted by Gasteiger charge is -2.22. The second-order valence-corrected chi connectivity index (χ2v) is 10.5. The second kappa shape index (κ2) is 10.0. The van der Waals surface area contributed by atoms with Gasteiger partial charge in [0.1, 0.15) is 21.8 Å². The van der Waals surface area contributed by atoms with E-state index in [-0.39, 0.29) is 32.9 Å². The first-order valence-corrected chi connectivity index (χ1v) is 11.0. The molecule has 0 aliphatic carbocycles. The predicted molar refractivity (Wildman–Crippen MR) is 120 cm³/mol. The summed E-state index contributed by atoms with van der Waals surface area (Å²) in [6.07, 6.45) is 1.30. The molecule has 0 amide bonds. The largest absolute Gasteiger partial charge is 0.591 e. The monoisotopic (exact) mass is 521 g/mol. The zero-order chi connectivity index (χ0) is 22.6. The molecule has 30 heavy (non-hydrogen) atoms. The van der Waals surface area contributed by atoms with Gasteiger partial charge in [0.15, 0.2) is 11.6 Å². The molecule has 0 heterocycles. The van der Waals surface area contributed by atoms with Crippen molar-refractivity contribution in [2.75, 3.05) is 5.32 Å². The average molecular weight is 523 g/mol. The Kier molecular flexibility index (Phi) is 8.20. The summed E-state index contributed by atoms with van der Waals surface area (Å²) in [4.78, 5) is 10.7. The Balaban J connectivity index is 2.48. The minimum Gasteiger partial charge on any atom is -0.591 e. The number of nitrogens with zero attached hydrogens (tertiary/aromatic N) is 2. The van der Waals surface area contributed by atoms with E-state index in [2.05, 4.69) is 25.6 Å². The van der Waals surface area contributed by atoms with E-state index in [9.17, 15) is 23.4 Å². The molecular weight excluding hydrogens is 504 g/mol. The number of anilines is 1. The van der Waals surface area contributed by atoms with Gasteiger partial charge in [0.2, 0.25) is 0 Å². The molecule has 0 fully saturated rings. The van der Waals surface area contributed by atoms with Crippen molar-refractivity contribution >= 4 is 56.5 Å². The van der Waals surface area contributed by atoms with Crippen molar-refractivity contribution in [1.82, 2.24) is 0 Å². The van der Waals surface area contributed by atoms with E-state index in [1.165, 1.54) is 30.5 Å². The molecule has 0 spiro atoms. The Morgan fingerprint density at radius 2 is 2.00 bits per heavy atom. The number of hydrogen-bond donors (Lipinski definition) is 1. The molecule has 2 aromatic rings. The maximum atomic E-state index is 14.6. The Morgan fingerprint density at radius 1 is 1.33 bits per heavy atom. The Labute approximate surface area is 189 Å². The Morgan fingerprint density at radius 3 is 2.60 bits per heavy atom. The van der Waals surface area contributed by atoms with Crippen LogP contribution in [0, 0.1) is 21.7 Å². The third-order valence-electron chi connectivity index (χ3n) is 3.95. The van der Waals surface area contributed by atoms with Gasteiger partial charge in [-0.3, -0.25) is 10.1 Å². The average Bonchev–Trinajstić information content (AvgIpc) is 2.63. The molecule has 0 saturated heterocycles. The fourth-order valence-corrected chi connectivity index (χ4v) is 3.75. The van der Waals surface area contributed by atoms with Gasteiger partial charge in [0.05, 0.1) is 17.2 Å². The van der Waals surface area contributed by atoms with E-state index in [1.54, 1.807) is 20.8 Å². The lowest BCUT2D eigenvalue weighted by atomic mass is 10.0. The normalized spacial score (nSPS) is 14.0. The van der Waals surface area contributed by atoms with Crippen molar-refractivity contribution in [3.63, 3.8) is 0 Å². The van der Waals surface area contributed by atoms with Crippen LogP contribution in [0.2, 0.25) is 5.02 Å². The summed E-state index contributed by atoms with van der Waals surface area (Å²) in [5, 5.41) is 14.4. The summed E-state index contributed by atoms with van der Waals surface area (Å²) >= 11 is 7.61. The first-order valence-electron chi connectivity index (χ1n) is 8.70. The van der Waals surface area contributed by atoms with Gasteiger partial charge in [0, 0.05) is 27.5 Å². The van der Waals surface area contributed by atoms with Gasteiger partial charge in [-0.2, -0.15) is 0 Å². The summed E-state index contributed by atoms with van der Waals surface area (Å²) in [6.45, 7) is 5.23. The molecule has 0 saturated carbocycles. The van der Waals surface area contributed by atoms with Crippen LogP contribution in [0.3, 0.4) is 0 Å². The third kappa shape index (κ3) is 6.13. The highest BCUT2D eigenvalue weighted by Crippen LogP contribution is 2.36. The lowest BCUT2D eigenvalue weighted by Crippen LogP contribution is -2.26. The van der Waals surface area contributed by atoms with Crippen molar-refractivity contribution in [2.45, 2.75) is 38.0 Å². The fourth-order valence-electron chi connectivity index (χ4n) is 2.46. The van der Waals surface area contributed by atoms with E-state index in [4.69, 9.17) is 11.6 Å². The van der Waals surface area contributed by atoms with E-state index >= 15 is 0 Å². The van der Waals surface area contributed by atoms with Crippen LogP contribution in [-0.4, -0.2) is 20.4 Å². The van der Waals surface area contributed by atoms with Crippen LogP contribution in [0.4, 0.5) is 20.2 Å². The van der Waals surface area contributed by atoms with Gasteiger partial charge in [0.25, 0.3) is 5.69 Å². The molecule has 2 rings (SSSR count). The maximum Gasteiger partial charge on any atom is 0.292 e. The SMILES string of the molecule is CC(C)(C)[S+]([O-])N=CC[C@@H](Nc1cc(Cl)ccc1[N+](=O)[O-])c1c(Br)ccc(F)c1F. The highest BCUT2D eigenvalue weighted by molar-refractivity contribution is 9.10. The van der Waals surface area contributed by atoms with E-state index in [0.717, 1.165) is 6.07 Å². The molecule has 1 N–H and O–H groups in total. The number of benzene rings is 2. The van der Waals surface area contributed by atoms with Gasteiger partial charge in [-0.05, 0) is 45.0 Å². The number of nitro groups is 1. The van der Waals surface area contributed by atoms with Gasteiger partial charge in [-0.15, -0.1) is 0 Å². The van der Waals surface area contributed by atoms with E-state index in [1.807, 2.05) is 0 Å². The first-order chi connectivity index (χ1) is 13.9. The van der Waals surface area contributed by atoms with Crippen molar-refractivity contribution in [3.8, 4) is 0 Å². The topological polar surface area (TPSA) is 90.6 Å². The molecule has 162 valence electrons. The molecule has 0 aromatic heterocycles. The minimum atomic E-state index is -1.55. The molecule has 0 radical (unpaired) electrons. The van der Waals surface area contributed by atoms with Crippen LogP contribution in [0.15, 0.2) is 39.2 Å². The molecule has 2 atom stereocenters. The fraction of sp³-hybridized carbons (Fsp3) is 0.316. The summed E-state index contributed by atoms with van der Waals surface area (Å²) < 4.78 is 44.3. The Hall–Kier alpha value is -1.75. The highest BCUT2D eigenvalue weighted by atomic mass is 79.9. The number of rotatable bonds is 7. The van der Waals surface area contributed by atoms with E-state index < -0.39 is 38.7 Å². The second-order valence-electron chi connectivity index (χ2n) is 7.26. The standard InChI is InChI=1S/C19H19BrClF2N3O3S/c1-19(2,3)30(29)24-9-8-14(17-12(20)5-6-13(22)18(17)23)25-15-10-11(21)4-7-16(15)26(27)28/h4-7,9-10,14,25H,8H2,1-3H3/t14-,30?/m1/s1. The van der Waals surface area contributed by atoms with Crippen molar-refractivity contribution in [1.29, 1.82) is 0 Å². The summed E-state index contributed by atoms with van der Waals surface area (Å²) in [7, 11) is 0. The molecule has 0 aliphatic heterocycles. The van der Waals surface area contributed by atoms with Crippen LogP contribution in [-0.2, 0) is 11.4 Å². The number of halogens is 4. The molecule has 11 heteroatoms. The van der Waals surface area contributed by atoms with Crippen molar-refractivity contribution < 1.29 is 18.3 Å². The quantitative estimate of drug-likeness (QED) is 0.150. The third-order valence-corrected chi connectivity index (χ3v) is 6.26. The van der Waals surface area contributed by atoms with Crippen LogP contribution in [0.25, 0.3) is 0 Å². The summed E-state index contributed by atoms with van der Waals surface area (Å²) in [5.74, 6) is -2.19. The molecule has 1 unspecified atom stereocenters. The molecule has 2 aromatic carbocycles. The Bertz CT molecular complexity index is 973. The van der Waals surface area contributed by atoms with Crippen molar-refractivity contribution in [3.05, 3.63) is 67.1 Å². The predicted octanol–water partition coefficient (Wildman–Crippen LogP) is 6.37. The zero-order valence-electron chi connectivity index (χ0n) is 16.3. The summed E-state index contributed by atoms with van der Waals surface area (Å²) in [5.41, 5.74) is -0.344. The van der Waals surface area contributed by atoms with Gasteiger partial charge in [-0.1, -0.05) is 31.9 Å². The van der Waals surface area contributed by atoms with Crippen molar-refractivity contribution in [2.24, 2.45) is 4.40 Å². The molecule has 6 nitrogen and oxygen atoms in total. The van der Waals surface area contributed by atoms with Crippen LogP contribution < -0.4 is 5.32 Å². The molecular formula is C19H19BrClF2N3O3S. The van der Waals surface area contributed by atoms with E-state index in [0.29, 0.717) is 0 Å². The number of nitro benzene ring substituents is 1. The van der Waals surface area contributed by atoms with Crippen LogP contribution >= 0.6 is 27.5 Å². The van der Waals surface area contributed by atoms with Gasteiger partial charge >= 0.3 is 0 Å². The number of nitrogens with one attached hydrogen (secondary N) is 1. The smallest absolute Gasteiger partial charge is 0.292 e. The number of hydrogen-bond acceptors (Lipinski definition) is 5. The van der Waals surface area contributed by atoms with Crippen LogP contribution in [0.5, 0.6) is 0 Å². The summed E-state index contributed by atoms with van der Waals surface area (Å²) in [6, 6.07) is 5.22. The van der Waals surface area contributed by atoms with Gasteiger partial charge < -0.3 is 9.87 Å². The lowest BCUT2D eigenvalue weighted by molar-refractivity contribution is -0.384. The van der Waals surface area contributed by atoms with Gasteiger partial charge in [-0.25, -0.2) is 8.78 Å². The van der Waals surface area contributed by atoms with Crippen LogP contribution in [0.1, 0.15) is 38.8 Å². The maximum absolute atomic E-state index is 14.6. The minimum absolute atomic E-state index is 0.0234. The highest BCUT2D eigenvalue weighted by Gasteiger charge is 2.27. The molecule has 0 aliphatic rings. The first kappa shape index (κ1) is 24.5.